The van der Waals surface area contributed by atoms with Gasteiger partial charge in [-0.3, -0.25) is 0 Å². The monoisotopic (exact) mass is 279 g/mol. The molecule has 0 aliphatic rings. The summed E-state index contributed by atoms with van der Waals surface area (Å²) in [6.45, 7) is 4.44. The molecule has 0 saturated carbocycles. The molecule has 20 heavy (non-hydrogen) atoms. The Bertz CT molecular complexity index is 568. The molecule has 0 unspecified atom stereocenters. The largest absolute Gasteiger partial charge is 0.381 e. The second-order valence-corrected chi connectivity index (χ2v) is 5.00. The van der Waals surface area contributed by atoms with Crippen molar-refractivity contribution in [3.05, 3.63) is 65.0 Å². The van der Waals surface area contributed by atoms with Crippen LogP contribution >= 0.6 is 0 Å². The Morgan fingerprint density at radius 3 is 2.00 bits per heavy atom. The Morgan fingerprint density at radius 1 is 0.950 bits per heavy atom. The summed E-state index contributed by atoms with van der Waals surface area (Å²) < 4.78 is 39.0. The van der Waals surface area contributed by atoms with Crippen molar-refractivity contribution in [3.63, 3.8) is 0 Å². The second kappa shape index (κ2) is 5.99. The molecule has 0 aliphatic heterocycles. The highest BCUT2D eigenvalue weighted by atomic mass is 19.2. The van der Waals surface area contributed by atoms with E-state index in [-0.39, 0.29) is 6.54 Å². The summed E-state index contributed by atoms with van der Waals surface area (Å²) in [5.41, 5.74) is 2.42. The van der Waals surface area contributed by atoms with Crippen LogP contribution in [0.15, 0.2) is 36.4 Å². The number of anilines is 1. The Labute approximate surface area is 116 Å². The number of hydrogen-bond acceptors (Lipinski definition) is 1. The van der Waals surface area contributed by atoms with Crippen LogP contribution < -0.4 is 5.32 Å². The van der Waals surface area contributed by atoms with Gasteiger partial charge in [0.25, 0.3) is 0 Å². The van der Waals surface area contributed by atoms with E-state index in [4.69, 9.17) is 0 Å². The molecule has 0 atom stereocenters. The first-order valence-electron chi connectivity index (χ1n) is 6.44. The maximum atomic E-state index is 13.1. The van der Waals surface area contributed by atoms with Gasteiger partial charge in [-0.05, 0) is 41.3 Å². The Kier molecular flexibility index (Phi) is 4.32. The van der Waals surface area contributed by atoms with E-state index in [2.05, 4.69) is 19.2 Å². The van der Waals surface area contributed by atoms with E-state index in [0.717, 1.165) is 17.8 Å². The van der Waals surface area contributed by atoms with Gasteiger partial charge < -0.3 is 5.32 Å². The van der Waals surface area contributed by atoms with Gasteiger partial charge in [-0.1, -0.05) is 26.0 Å². The van der Waals surface area contributed by atoms with E-state index < -0.39 is 17.5 Å². The molecule has 2 rings (SSSR count). The van der Waals surface area contributed by atoms with Crippen molar-refractivity contribution < 1.29 is 13.2 Å². The molecular formula is C16H16F3N. The average molecular weight is 279 g/mol. The molecule has 2 aromatic rings. The van der Waals surface area contributed by atoms with Gasteiger partial charge >= 0.3 is 0 Å². The maximum absolute atomic E-state index is 13.1. The zero-order chi connectivity index (χ0) is 14.7. The molecule has 0 radical (unpaired) electrons. The summed E-state index contributed by atoms with van der Waals surface area (Å²) >= 11 is 0. The first-order valence-corrected chi connectivity index (χ1v) is 6.44. The van der Waals surface area contributed by atoms with Crippen molar-refractivity contribution in [2.75, 3.05) is 5.32 Å². The summed E-state index contributed by atoms with van der Waals surface area (Å²) in [4.78, 5) is 0. The molecular weight excluding hydrogens is 263 g/mol. The lowest BCUT2D eigenvalue weighted by molar-refractivity contribution is 0.445. The molecule has 1 N–H and O–H groups in total. The summed E-state index contributed by atoms with van der Waals surface area (Å²) in [7, 11) is 0. The van der Waals surface area contributed by atoms with Crippen LogP contribution in [0.5, 0.6) is 0 Å². The van der Waals surface area contributed by atoms with Crippen molar-refractivity contribution in [1.29, 1.82) is 0 Å². The second-order valence-electron chi connectivity index (χ2n) is 5.00. The molecule has 0 aliphatic carbocycles. The summed E-state index contributed by atoms with van der Waals surface area (Å²) in [6.07, 6.45) is 0. The van der Waals surface area contributed by atoms with Crippen LogP contribution in [0.2, 0.25) is 0 Å². The predicted molar refractivity (Wildman–Crippen MR) is 74.2 cm³/mol. The molecule has 0 fully saturated rings. The third-order valence-electron chi connectivity index (χ3n) is 3.12. The van der Waals surface area contributed by atoms with Crippen LogP contribution in [-0.4, -0.2) is 0 Å². The minimum atomic E-state index is -1.44. The van der Waals surface area contributed by atoms with E-state index in [1.165, 1.54) is 5.56 Å². The van der Waals surface area contributed by atoms with Gasteiger partial charge in [-0.25, -0.2) is 13.2 Å². The quantitative estimate of drug-likeness (QED) is 0.790. The van der Waals surface area contributed by atoms with Gasteiger partial charge in [-0.2, -0.15) is 0 Å². The minimum Gasteiger partial charge on any atom is -0.381 e. The zero-order valence-corrected chi connectivity index (χ0v) is 11.4. The fraction of sp³-hybridized carbons (Fsp3) is 0.250. The lowest BCUT2D eigenvalue weighted by Gasteiger charge is -2.10. The lowest BCUT2D eigenvalue weighted by Crippen LogP contribution is -2.02. The number of halogens is 3. The molecule has 0 heterocycles. The Balaban J connectivity index is 2.05. The van der Waals surface area contributed by atoms with Crippen LogP contribution in [0.25, 0.3) is 0 Å². The van der Waals surface area contributed by atoms with Crippen LogP contribution in [0.1, 0.15) is 30.9 Å². The van der Waals surface area contributed by atoms with E-state index >= 15 is 0 Å². The molecule has 0 saturated heterocycles. The number of nitrogens with one attached hydrogen (secondary N) is 1. The van der Waals surface area contributed by atoms with E-state index in [9.17, 15) is 13.2 Å². The van der Waals surface area contributed by atoms with Crippen LogP contribution in [0, 0.1) is 17.5 Å². The van der Waals surface area contributed by atoms with E-state index in [1.807, 2.05) is 24.3 Å². The zero-order valence-electron chi connectivity index (χ0n) is 11.4. The topological polar surface area (TPSA) is 12.0 Å². The first kappa shape index (κ1) is 14.4. The van der Waals surface area contributed by atoms with Crippen molar-refractivity contribution in [3.8, 4) is 0 Å². The standard InChI is InChI=1S/C16H16F3N/c1-10(2)12-3-5-13(6-4-12)20-9-11-7-14(17)16(19)15(18)8-11/h3-8,10,20H,9H2,1-2H3. The fourth-order valence-corrected chi connectivity index (χ4v) is 1.90. The average Bonchev–Trinajstić information content (AvgIpc) is 2.42. The lowest BCUT2D eigenvalue weighted by atomic mass is 10.0. The highest BCUT2D eigenvalue weighted by Crippen LogP contribution is 2.18. The normalized spacial score (nSPS) is 10.9. The molecule has 2 aromatic carbocycles. The van der Waals surface area contributed by atoms with Crippen molar-refractivity contribution >= 4 is 5.69 Å². The number of benzene rings is 2. The van der Waals surface area contributed by atoms with Gasteiger partial charge in [0.05, 0.1) is 0 Å². The summed E-state index contributed by atoms with van der Waals surface area (Å²) in [5.74, 6) is -3.33. The van der Waals surface area contributed by atoms with Crippen molar-refractivity contribution in [2.45, 2.75) is 26.3 Å². The van der Waals surface area contributed by atoms with Gasteiger partial charge in [0.15, 0.2) is 17.5 Å². The molecule has 4 heteroatoms. The molecule has 106 valence electrons. The molecule has 0 aromatic heterocycles. The van der Waals surface area contributed by atoms with Gasteiger partial charge in [0.1, 0.15) is 0 Å². The molecule has 1 nitrogen and oxygen atoms in total. The van der Waals surface area contributed by atoms with Gasteiger partial charge in [0.2, 0.25) is 0 Å². The van der Waals surface area contributed by atoms with E-state index in [1.54, 1.807) is 0 Å². The highest BCUT2D eigenvalue weighted by molar-refractivity contribution is 5.45. The predicted octanol–water partition coefficient (Wildman–Crippen LogP) is 4.84. The maximum Gasteiger partial charge on any atom is 0.194 e. The Morgan fingerprint density at radius 2 is 1.50 bits per heavy atom. The molecule has 0 amide bonds. The third kappa shape index (κ3) is 3.32. The number of hydrogen-bond donors (Lipinski definition) is 1. The summed E-state index contributed by atoms with van der Waals surface area (Å²) in [5, 5.41) is 3.05. The highest BCUT2D eigenvalue weighted by Gasteiger charge is 2.10. The smallest absolute Gasteiger partial charge is 0.194 e. The van der Waals surface area contributed by atoms with Gasteiger partial charge in [-0.15, -0.1) is 0 Å². The fourth-order valence-electron chi connectivity index (χ4n) is 1.90. The van der Waals surface area contributed by atoms with Crippen LogP contribution in [-0.2, 0) is 6.54 Å². The molecule has 0 bridgehead atoms. The van der Waals surface area contributed by atoms with Crippen molar-refractivity contribution in [1.82, 2.24) is 0 Å². The SMILES string of the molecule is CC(C)c1ccc(NCc2cc(F)c(F)c(F)c2)cc1. The van der Waals surface area contributed by atoms with E-state index in [0.29, 0.717) is 11.5 Å². The van der Waals surface area contributed by atoms with Crippen molar-refractivity contribution in [2.24, 2.45) is 0 Å². The summed E-state index contributed by atoms with van der Waals surface area (Å²) in [6, 6.07) is 9.80. The first-order chi connectivity index (χ1) is 9.47. The third-order valence-corrected chi connectivity index (χ3v) is 3.12. The minimum absolute atomic E-state index is 0.231. The van der Waals surface area contributed by atoms with Crippen LogP contribution in [0.3, 0.4) is 0 Å². The van der Waals surface area contributed by atoms with Crippen LogP contribution in [0.4, 0.5) is 18.9 Å². The molecule has 0 spiro atoms. The Hall–Kier alpha value is -1.97. The van der Waals surface area contributed by atoms with Gasteiger partial charge in [0, 0.05) is 12.2 Å². The number of rotatable bonds is 4.